The Balaban J connectivity index is 2.43. The molecule has 1 heterocycles. The fraction of sp³-hybridized carbons (Fsp3) is 0.520. The summed E-state index contributed by atoms with van der Waals surface area (Å²) in [6, 6.07) is 2.68. The summed E-state index contributed by atoms with van der Waals surface area (Å²) in [5.41, 5.74) is -0.236. The normalized spacial score (nSPS) is 16.3. The van der Waals surface area contributed by atoms with Crippen molar-refractivity contribution in [1.82, 2.24) is 9.78 Å². The number of allylic oxidation sites excluding steroid dienone is 2. The number of ether oxygens (including phenoxy) is 2. The van der Waals surface area contributed by atoms with Crippen LogP contribution in [0.25, 0.3) is 11.3 Å². The van der Waals surface area contributed by atoms with Crippen molar-refractivity contribution >= 4 is 11.5 Å². The molecule has 1 aromatic heterocycles. The van der Waals surface area contributed by atoms with Crippen LogP contribution in [0.15, 0.2) is 30.6 Å². The predicted molar refractivity (Wildman–Crippen MR) is 120 cm³/mol. The highest BCUT2D eigenvalue weighted by Gasteiger charge is 2.39. The molecular formula is C25H31F3N2O3. The van der Waals surface area contributed by atoms with Gasteiger partial charge >= 0.3 is 12.1 Å². The summed E-state index contributed by atoms with van der Waals surface area (Å²) in [5.74, 6) is -0.678. The minimum absolute atomic E-state index is 0.0459. The number of alkyl halides is 3. The van der Waals surface area contributed by atoms with E-state index < -0.39 is 29.7 Å². The van der Waals surface area contributed by atoms with E-state index in [1.807, 2.05) is 6.08 Å². The van der Waals surface area contributed by atoms with Gasteiger partial charge in [0.2, 0.25) is 0 Å². The molecule has 2 aromatic rings. The first-order valence-electron chi connectivity index (χ1n) is 10.9. The molecule has 0 saturated heterocycles. The number of benzene rings is 1. The first kappa shape index (κ1) is 24.9. The molecule has 0 bridgehead atoms. The molecule has 33 heavy (non-hydrogen) atoms. The molecule has 5 nitrogen and oxygen atoms in total. The van der Waals surface area contributed by atoms with Gasteiger partial charge in [0.15, 0.2) is 0 Å². The molecule has 0 N–H and O–H groups in total. The van der Waals surface area contributed by atoms with Gasteiger partial charge in [0.05, 0.1) is 19.1 Å². The van der Waals surface area contributed by atoms with Crippen molar-refractivity contribution in [3.05, 3.63) is 47.3 Å². The van der Waals surface area contributed by atoms with Crippen LogP contribution in [0.4, 0.5) is 13.2 Å². The summed E-state index contributed by atoms with van der Waals surface area (Å²) in [6.07, 6.45) is 2.10. The first-order chi connectivity index (χ1) is 15.2. The molecule has 0 saturated carbocycles. The van der Waals surface area contributed by atoms with Gasteiger partial charge < -0.3 is 9.47 Å². The zero-order valence-corrected chi connectivity index (χ0v) is 20.0. The fourth-order valence-corrected chi connectivity index (χ4v) is 4.03. The van der Waals surface area contributed by atoms with E-state index in [1.54, 1.807) is 39.2 Å². The van der Waals surface area contributed by atoms with Crippen molar-refractivity contribution in [2.45, 2.75) is 72.1 Å². The Morgan fingerprint density at radius 2 is 1.94 bits per heavy atom. The molecule has 1 aromatic carbocycles. The highest BCUT2D eigenvalue weighted by atomic mass is 19.4. The third kappa shape index (κ3) is 5.78. The van der Waals surface area contributed by atoms with Crippen molar-refractivity contribution in [2.75, 3.05) is 7.11 Å². The first-order valence-corrected chi connectivity index (χ1v) is 10.9. The minimum atomic E-state index is -4.69. The smallest absolute Gasteiger partial charge is 0.416 e. The van der Waals surface area contributed by atoms with Crippen LogP contribution in [0.3, 0.4) is 0 Å². The molecule has 0 atom stereocenters. The van der Waals surface area contributed by atoms with Crippen LogP contribution in [-0.4, -0.2) is 28.5 Å². The van der Waals surface area contributed by atoms with Gasteiger partial charge in [-0.15, -0.1) is 0 Å². The number of hydrogen-bond donors (Lipinski definition) is 0. The van der Waals surface area contributed by atoms with E-state index in [2.05, 4.69) is 18.9 Å². The maximum Gasteiger partial charge on any atom is 0.416 e. The molecular weight excluding hydrogens is 433 g/mol. The maximum absolute atomic E-state index is 14.3. The molecule has 0 fully saturated rings. The molecule has 3 rings (SSSR count). The number of carbonyl (C=O) groups excluding carboxylic acids is 1. The van der Waals surface area contributed by atoms with Crippen LogP contribution in [0.2, 0.25) is 0 Å². The number of rotatable bonds is 5. The van der Waals surface area contributed by atoms with Crippen molar-refractivity contribution < 1.29 is 27.4 Å². The van der Waals surface area contributed by atoms with Gasteiger partial charge in [-0.3, -0.25) is 4.79 Å². The second-order valence-corrected chi connectivity index (χ2v) is 10.1. The summed E-state index contributed by atoms with van der Waals surface area (Å²) in [7, 11) is 1.17. The number of halogens is 3. The van der Waals surface area contributed by atoms with Gasteiger partial charge in [0, 0.05) is 18.0 Å². The monoisotopic (exact) mass is 464 g/mol. The third-order valence-corrected chi connectivity index (χ3v) is 5.67. The second kappa shape index (κ2) is 8.88. The summed E-state index contributed by atoms with van der Waals surface area (Å²) < 4.78 is 55.2. The zero-order valence-electron chi connectivity index (χ0n) is 20.0. The molecule has 0 amide bonds. The Bertz CT molecular complexity index is 1050. The summed E-state index contributed by atoms with van der Waals surface area (Å²) in [6.45, 7) is 9.58. The average molecular weight is 465 g/mol. The summed E-state index contributed by atoms with van der Waals surface area (Å²) in [5, 5.41) is 4.31. The molecule has 1 aliphatic carbocycles. The SMILES string of the molecule is COC(=O)Cc1c(C(F)(F)F)cc(OC(C)(C)C)c(-n2cccn2)c1C1=CCC(C)(C)CC1. The Morgan fingerprint density at radius 3 is 2.42 bits per heavy atom. The molecule has 0 spiro atoms. The van der Waals surface area contributed by atoms with Gasteiger partial charge in [-0.1, -0.05) is 19.9 Å². The lowest BCUT2D eigenvalue weighted by atomic mass is 9.75. The quantitative estimate of drug-likeness (QED) is 0.482. The molecule has 1 aliphatic rings. The molecule has 0 aliphatic heterocycles. The van der Waals surface area contributed by atoms with E-state index in [1.165, 1.54) is 11.8 Å². The van der Waals surface area contributed by atoms with E-state index in [9.17, 15) is 18.0 Å². The standard InChI is InChI=1S/C25H31F3N2O3/c1-23(2,3)33-19-15-18(25(26,27)28)17(14-20(31)32-6)21(22(19)30-13-7-12-29-30)16-8-10-24(4,5)11-9-16/h7-8,12-13,15H,9-11,14H2,1-6H3. The van der Waals surface area contributed by atoms with Crippen LogP contribution >= 0.6 is 0 Å². The van der Waals surface area contributed by atoms with Gasteiger partial charge in [0.25, 0.3) is 0 Å². The van der Waals surface area contributed by atoms with Crippen molar-refractivity contribution in [3.8, 4) is 11.4 Å². The number of esters is 1. The largest absolute Gasteiger partial charge is 0.486 e. The van der Waals surface area contributed by atoms with Gasteiger partial charge in [0.1, 0.15) is 17.0 Å². The third-order valence-electron chi connectivity index (χ3n) is 5.67. The van der Waals surface area contributed by atoms with Crippen LogP contribution in [-0.2, 0) is 22.1 Å². The summed E-state index contributed by atoms with van der Waals surface area (Å²) in [4.78, 5) is 12.2. The van der Waals surface area contributed by atoms with Gasteiger partial charge in [-0.05, 0) is 68.7 Å². The zero-order chi connectivity index (χ0) is 24.6. The molecule has 180 valence electrons. The van der Waals surface area contributed by atoms with Crippen molar-refractivity contribution in [1.29, 1.82) is 0 Å². The number of methoxy groups -OCH3 is 1. The average Bonchev–Trinajstić information content (AvgIpc) is 3.21. The number of nitrogens with zero attached hydrogens (tertiary/aromatic N) is 2. The van der Waals surface area contributed by atoms with E-state index in [0.717, 1.165) is 18.1 Å². The highest BCUT2D eigenvalue weighted by Crippen LogP contribution is 2.47. The molecule has 0 radical (unpaired) electrons. The molecule has 0 unspecified atom stereocenters. The Labute approximate surface area is 192 Å². The second-order valence-electron chi connectivity index (χ2n) is 10.1. The topological polar surface area (TPSA) is 53.4 Å². The van der Waals surface area contributed by atoms with Gasteiger partial charge in [-0.2, -0.15) is 18.3 Å². The van der Waals surface area contributed by atoms with Crippen LogP contribution in [0, 0.1) is 5.41 Å². The van der Waals surface area contributed by atoms with Crippen molar-refractivity contribution in [3.63, 3.8) is 0 Å². The maximum atomic E-state index is 14.3. The Kier molecular flexibility index (Phi) is 6.69. The lowest BCUT2D eigenvalue weighted by Gasteiger charge is -2.32. The molecule has 8 heteroatoms. The Morgan fingerprint density at radius 1 is 1.24 bits per heavy atom. The van der Waals surface area contributed by atoms with Crippen molar-refractivity contribution in [2.24, 2.45) is 5.41 Å². The van der Waals surface area contributed by atoms with E-state index in [-0.39, 0.29) is 16.7 Å². The lowest BCUT2D eigenvalue weighted by molar-refractivity contribution is -0.141. The summed E-state index contributed by atoms with van der Waals surface area (Å²) >= 11 is 0. The van der Waals surface area contributed by atoms with Crippen LogP contribution in [0.1, 0.15) is 70.6 Å². The van der Waals surface area contributed by atoms with Crippen LogP contribution < -0.4 is 4.74 Å². The van der Waals surface area contributed by atoms with Gasteiger partial charge in [-0.25, -0.2) is 4.68 Å². The Hall–Kier alpha value is -2.77. The van der Waals surface area contributed by atoms with E-state index >= 15 is 0 Å². The number of aromatic nitrogens is 2. The minimum Gasteiger partial charge on any atom is -0.486 e. The van der Waals surface area contributed by atoms with E-state index in [4.69, 9.17) is 9.47 Å². The highest BCUT2D eigenvalue weighted by molar-refractivity contribution is 5.84. The number of hydrogen-bond acceptors (Lipinski definition) is 4. The van der Waals surface area contributed by atoms with Crippen LogP contribution in [0.5, 0.6) is 5.75 Å². The van der Waals surface area contributed by atoms with E-state index in [0.29, 0.717) is 24.1 Å². The fourth-order valence-electron chi connectivity index (χ4n) is 4.03. The predicted octanol–water partition coefficient (Wildman–Crippen LogP) is 6.38. The lowest BCUT2D eigenvalue weighted by Crippen LogP contribution is -2.26. The number of carbonyl (C=O) groups is 1.